The van der Waals surface area contributed by atoms with Crippen LogP contribution in [-0.4, -0.2) is 82.9 Å². The van der Waals surface area contributed by atoms with E-state index in [1.54, 1.807) is 39.8 Å². The van der Waals surface area contributed by atoms with Gasteiger partial charge >= 0.3 is 12.1 Å². The fourth-order valence-corrected chi connectivity index (χ4v) is 10.7. The number of nitrogens with zero attached hydrogens (tertiary/aromatic N) is 1. The highest BCUT2D eigenvalue weighted by atomic mass is 32.2. The van der Waals surface area contributed by atoms with Crippen LogP contribution in [0.2, 0.25) is 0 Å². The number of carbonyl (C=O) groups excluding carboxylic acids is 2. The minimum atomic E-state index is -4.62. The molecule has 0 fully saturated rings. The fraction of sp³-hybridized carbons (Fsp3) is 0.426. The van der Waals surface area contributed by atoms with E-state index in [1.165, 1.54) is 11.8 Å². The molecule has 0 bridgehead atoms. The fourth-order valence-electron chi connectivity index (χ4n) is 7.07. The predicted molar refractivity (Wildman–Crippen MR) is 239 cm³/mol. The summed E-state index contributed by atoms with van der Waals surface area (Å²) in [6.45, 7) is 9.45. The molecule has 0 heterocycles. The van der Waals surface area contributed by atoms with Crippen LogP contribution in [0.1, 0.15) is 83.1 Å². The number of amides is 2. The second-order valence-corrected chi connectivity index (χ2v) is 19.4. The molecule has 13 heteroatoms. The first kappa shape index (κ1) is 48.0. The average Bonchev–Trinajstić information content (AvgIpc) is 3.22. The molecular weight excluding hydrogens is 799 g/mol. The Labute approximate surface area is 360 Å². The molecule has 0 spiro atoms. The zero-order valence-corrected chi connectivity index (χ0v) is 37.2. The van der Waals surface area contributed by atoms with Gasteiger partial charge in [-0.3, -0.25) is 10.1 Å². The minimum absolute atomic E-state index is 0.0259. The van der Waals surface area contributed by atoms with Crippen molar-refractivity contribution in [2.24, 2.45) is 11.8 Å². The number of hydrogen-bond donors (Lipinski definition) is 4. The van der Waals surface area contributed by atoms with Gasteiger partial charge in [-0.2, -0.15) is 0 Å². The maximum absolute atomic E-state index is 14.6. The summed E-state index contributed by atoms with van der Waals surface area (Å²) in [4.78, 5) is 41.9. The first-order valence-corrected chi connectivity index (χ1v) is 23.1. The Bertz CT molecular complexity index is 1970. The molecule has 11 nitrogen and oxygen atoms in total. The maximum atomic E-state index is 14.6. The number of benzene rings is 4. The summed E-state index contributed by atoms with van der Waals surface area (Å²) >= 11 is 1.50. The van der Waals surface area contributed by atoms with Crippen LogP contribution in [0, 0.1) is 11.8 Å². The van der Waals surface area contributed by atoms with Gasteiger partial charge in [0.2, 0.25) is 21.6 Å². The zero-order valence-electron chi connectivity index (χ0n) is 35.5. The third-order valence-corrected chi connectivity index (χ3v) is 13.9. The number of nitrogens with one attached hydrogen (secondary N) is 2. The monoisotopic (exact) mass is 859 g/mol. The molecule has 4 aromatic carbocycles. The zero-order chi connectivity index (χ0) is 44.0. The maximum Gasteiger partial charge on any atom is 0.407 e. The quantitative estimate of drug-likeness (QED) is 0.0453. The summed E-state index contributed by atoms with van der Waals surface area (Å²) in [7, 11) is -4.62. The SMILES string of the molecule is CC[C@H](C)CCS(=O)(=O)N(C(=O)C(C)Cc1ccccc1)[C@](CCO)(NCC(CSC(c1ccccc1)(c1ccccc1)c1ccccc1)NC(=O)OC(C)(C)C)C(=O)O. The van der Waals surface area contributed by atoms with Gasteiger partial charge in [-0.1, -0.05) is 149 Å². The Morgan fingerprint density at radius 2 is 1.28 bits per heavy atom. The molecule has 2 amide bonds. The number of carboxylic acids is 1. The molecule has 2 unspecified atom stereocenters. The standard InChI is InChI=1S/C47H61N3O8S2/c1-7-35(2)28-31-60(56,57)50(42(52)36(3)32-37-20-12-8-13-21-37)46(29-30-51,43(53)54)48-33-41(49-44(55)58-45(4,5)6)34-59-47(38-22-14-9-15-23-38,39-24-16-10-17-25-39)40-26-18-11-19-27-40/h8-27,35-36,41,48,51H,7,28-34H2,1-6H3,(H,49,55)(H,53,54)/t35-,36?,41?,46-/m0/s1. The van der Waals surface area contributed by atoms with Gasteiger partial charge in [-0.25, -0.2) is 22.3 Å². The first-order chi connectivity index (χ1) is 28.5. The highest BCUT2D eigenvalue weighted by molar-refractivity contribution is 8.00. The average molecular weight is 860 g/mol. The molecule has 4 rings (SSSR count). The van der Waals surface area contributed by atoms with E-state index < -0.39 is 74.7 Å². The van der Waals surface area contributed by atoms with Crippen molar-refractivity contribution in [1.82, 2.24) is 14.9 Å². The third-order valence-electron chi connectivity index (χ3n) is 10.4. The Morgan fingerprint density at radius 3 is 1.72 bits per heavy atom. The number of carbonyl (C=O) groups is 3. The van der Waals surface area contributed by atoms with Crippen LogP contribution in [-0.2, 0) is 35.5 Å². The minimum Gasteiger partial charge on any atom is -0.478 e. The van der Waals surface area contributed by atoms with Gasteiger partial charge in [0.1, 0.15) is 5.60 Å². The molecule has 0 aliphatic rings. The van der Waals surface area contributed by atoms with E-state index in [1.807, 2.05) is 123 Å². The van der Waals surface area contributed by atoms with Crippen LogP contribution in [0.5, 0.6) is 0 Å². The van der Waals surface area contributed by atoms with Gasteiger partial charge in [-0.15, -0.1) is 11.8 Å². The third kappa shape index (κ3) is 12.4. The molecular formula is C47H61N3O8S2. The van der Waals surface area contributed by atoms with E-state index >= 15 is 0 Å². The number of hydrogen-bond acceptors (Lipinski definition) is 9. The van der Waals surface area contributed by atoms with Gasteiger partial charge < -0.3 is 20.3 Å². The van der Waals surface area contributed by atoms with E-state index in [4.69, 9.17) is 4.74 Å². The van der Waals surface area contributed by atoms with Crippen LogP contribution in [0.3, 0.4) is 0 Å². The van der Waals surface area contributed by atoms with Crippen LogP contribution < -0.4 is 10.6 Å². The van der Waals surface area contributed by atoms with Crippen LogP contribution in [0.25, 0.3) is 0 Å². The van der Waals surface area contributed by atoms with Crippen LogP contribution in [0.4, 0.5) is 4.79 Å². The molecule has 0 aromatic heterocycles. The summed E-state index contributed by atoms with van der Waals surface area (Å²) in [5, 5.41) is 27.5. The summed E-state index contributed by atoms with van der Waals surface area (Å²) in [5.74, 6) is -3.91. The molecule has 4 aromatic rings. The molecule has 0 radical (unpaired) electrons. The Morgan fingerprint density at radius 1 is 0.800 bits per heavy atom. The molecule has 0 aliphatic carbocycles. The van der Waals surface area contributed by atoms with Crippen molar-refractivity contribution in [1.29, 1.82) is 0 Å². The second kappa shape index (κ2) is 21.7. The number of rotatable bonds is 22. The molecule has 0 saturated heterocycles. The van der Waals surface area contributed by atoms with Crippen molar-refractivity contribution in [2.45, 2.75) is 89.3 Å². The lowest BCUT2D eigenvalue weighted by Crippen LogP contribution is -2.70. The summed E-state index contributed by atoms with van der Waals surface area (Å²) in [5.41, 5.74) is 0.123. The van der Waals surface area contributed by atoms with Crippen LogP contribution >= 0.6 is 11.8 Å². The number of sulfonamides is 1. The lowest BCUT2D eigenvalue weighted by Gasteiger charge is -2.42. The first-order valence-electron chi connectivity index (χ1n) is 20.5. The van der Waals surface area contributed by atoms with Gasteiger partial charge in [0.25, 0.3) is 0 Å². The smallest absolute Gasteiger partial charge is 0.407 e. The number of alkyl carbamates (subject to hydrolysis) is 1. The van der Waals surface area contributed by atoms with E-state index in [0.29, 0.717) is 10.7 Å². The molecule has 324 valence electrons. The number of aliphatic hydroxyl groups is 1. The second-order valence-electron chi connectivity index (χ2n) is 16.3. The lowest BCUT2D eigenvalue weighted by molar-refractivity contribution is -0.158. The molecule has 0 saturated carbocycles. The summed E-state index contributed by atoms with van der Waals surface area (Å²) in [6.07, 6.45) is -0.425. The van der Waals surface area contributed by atoms with E-state index in [9.17, 15) is 33.0 Å². The number of carboxylic acid groups (broad SMARTS) is 1. The molecule has 60 heavy (non-hydrogen) atoms. The van der Waals surface area contributed by atoms with Gasteiger partial charge in [0.15, 0.2) is 0 Å². The normalized spacial score (nSPS) is 14.6. The molecule has 4 N–H and O–H groups in total. The lowest BCUT2D eigenvalue weighted by atomic mass is 9.84. The summed E-state index contributed by atoms with van der Waals surface area (Å²) in [6, 6.07) is 37.9. The largest absolute Gasteiger partial charge is 0.478 e. The Balaban J connectivity index is 1.84. The van der Waals surface area contributed by atoms with Crippen LogP contribution in [0.15, 0.2) is 121 Å². The Hall–Kier alpha value is -4.69. The molecule has 0 aliphatic heterocycles. The van der Waals surface area contributed by atoms with Crippen molar-refractivity contribution in [3.8, 4) is 0 Å². The summed E-state index contributed by atoms with van der Waals surface area (Å²) < 4.78 is 34.3. The van der Waals surface area contributed by atoms with E-state index in [0.717, 1.165) is 22.3 Å². The number of thioether (sulfide) groups is 1. The van der Waals surface area contributed by atoms with Crippen molar-refractivity contribution in [2.75, 3.05) is 24.7 Å². The number of aliphatic hydroxyl groups excluding tert-OH is 1. The number of ether oxygens (including phenoxy) is 1. The highest BCUT2D eigenvalue weighted by Gasteiger charge is 2.53. The molecule has 4 atom stereocenters. The topological polar surface area (TPSA) is 162 Å². The van der Waals surface area contributed by atoms with Crippen molar-refractivity contribution >= 4 is 39.8 Å². The van der Waals surface area contributed by atoms with Crippen molar-refractivity contribution in [3.63, 3.8) is 0 Å². The van der Waals surface area contributed by atoms with E-state index in [-0.39, 0.29) is 31.1 Å². The van der Waals surface area contributed by atoms with Gasteiger partial charge in [0.05, 0.1) is 16.5 Å². The van der Waals surface area contributed by atoms with E-state index in [2.05, 4.69) is 10.6 Å². The Kier molecular flexibility index (Phi) is 17.4. The van der Waals surface area contributed by atoms with Crippen molar-refractivity contribution in [3.05, 3.63) is 144 Å². The van der Waals surface area contributed by atoms with Gasteiger partial charge in [-0.05, 0) is 61.8 Å². The van der Waals surface area contributed by atoms with Gasteiger partial charge in [0, 0.05) is 31.2 Å². The van der Waals surface area contributed by atoms with Crippen molar-refractivity contribution < 1.29 is 37.8 Å². The highest BCUT2D eigenvalue weighted by Crippen LogP contribution is 2.48. The number of aliphatic carboxylic acids is 1. The predicted octanol–water partition coefficient (Wildman–Crippen LogP) is 7.83.